The average Bonchev–Trinajstić information content (AvgIpc) is 2.34. The third-order valence-electron chi connectivity index (χ3n) is 2.50. The molecule has 2 rings (SSSR count). The summed E-state index contributed by atoms with van der Waals surface area (Å²) < 4.78 is 11.0. The molecule has 88 valence electrons. The van der Waals surface area contributed by atoms with Crippen LogP contribution in [-0.2, 0) is 6.42 Å². The summed E-state index contributed by atoms with van der Waals surface area (Å²) in [5.41, 5.74) is 1.27. The maximum absolute atomic E-state index is 5.53. The molecule has 1 aromatic rings. The Labute approximate surface area is 95.9 Å². The highest BCUT2D eigenvalue weighted by Crippen LogP contribution is 2.30. The lowest BCUT2D eigenvalue weighted by Gasteiger charge is -2.18. The Morgan fingerprint density at radius 1 is 1.19 bits per heavy atom. The first kappa shape index (κ1) is 11.2. The monoisotopic (exact) mass is 222 g/mol. The number of benzene rings is 1. The minimum atomic E-state index is 0.647. The lowest BCUT2D eigenvalue weighted by molar-refractivity contribution is 0.171. The van der Waals surface area contributed by atoms with Crippen molar-refractivity contribution in [2.24, 2.45) is 0 Å². The minimum absolute atomic E-state index is 0.647. The van der Waals surface area contributed by atoms with Crippen molar-refractivity contribution in [3.05, 3.63) is 23.8 Å². The van der Waals surface area contributed by atoms with Crippen LogP contribution in [0.15, 0.2) is 18.2 Å². The van der Waals surface area contributed by atoms with Gasteiger partial charge in [-0.2, -0.15) is 0 Å². The van der Waals surface area contributed by atoms with Crippen molar-refractivity contribution in [3.63, 3.8) is 0 Å². The molecule has 1 aliphatic rings. The molecule has 0 radical (unpaired) electrons. The quantitative estimate of drug-likeness (QED) is 0.570. The molecular weight excluding hydrogens is 204 g/mol. The number of rotatable bonds is 5. The van der Waals surface area contributed by atoms with Gasteiger partial charge in [-0.15, -0.1) is 0 Å². The second-order valence-corrected chi connectivity index (χ2v) is 3.76. The number of nitrogens with one attached hydrogen (secondary N) is 2. The largest absolute Gasteiger partial charge is 0.486 e. The topological polar surface area (TPSA) is 42.5 Å². The van der Waals surface area contributed by atoms with Gasteiger partial charge in [0.1, 0.15) is 13.2 Å². The van der Waals surface area contributed by atoms with Crippen molar-refractivity contribution in [1.82, 2.24) is 10.6 Å². The van der Waals surface area contributed by atoms with Gasteiger partial charge in [-0.25, -0.2) is 0 Å². The molecule has 4 nitrogen and oxygen atoms in total. The second kappa shape index (κ2) is 5.72. The Hall–Kier alpha value is -1.26. The SMILES string of the molecule is CNCNCCc1ccc2c(c1)OCCO2. The fourth-order valence-corrected chi connectivity index (χ4v) is 1.69. The minimum Gasteiger partial charge on any atom is -0.486 e. The molecule has 1 aromatic carbocycles. The van der Waals surface area contributed by atoms with E-state index in [1.54, 1.807) is 0 Å². The van der Waals surface area contributed by atoms with E-state index in [1.165, 1.54) is 5.56 Å². The predicted octanol–water partition coefficient (Wildman–Crippen LogP) is 0.767. The zero-order chi connectivity index (χ0) is 11.2. The van der Waals surface area contributed by atoms with Crippen LogP contribution < -0.4 is 20.1 Å². The summed E-state index contributed by atoms with van der Waals surface area (Å²) >= 11 is 0. The summed E-state index contributed by atoms with van der Waals surface area (Å²) in [6.07, 6.45) is 0.998. The molecule has 0 fully saturated rings. The van der Waals surface area contributed by atoms with Crippen LogP contribution >= 0.6 is 0 Å². The Balaban J connectivity index is 1.90. The summed E-state index contributed by atoms with van der Waals surface area (Å²) in [5, 5.41) is 6.33. The van der Waals surface area contributed by atoms with E-state index >= 15 is 0 Å². The first-order valence-electron chi connectivity index (χ1n) is 5.64. The maximum atomic E-state index is 5.53. The molecule has 0 bridgehead atoms. The van der Waals surface area contributed by atoms with Crippen molar-refractivity contribution >= 4 is 0 Å². The summed E-state index contributed by atoms with van der Waals surface area (Å²) in [4.78, 5) is 0. The Bertz CT molecular complexity index is 342. The maximum Gasteiger partial charge on any atom is 0.161 e. The van der Waals surface area contributed by atoms with Crippen LogP contribution in [0.5, 0.6) is 11.5 Å². The van der Waals surface area contributed by atoms with Gasteiger partial charge in [0.15, 0.2) is 11.5 Å². The van der Waals surface area contributed by atoms with Crippen LogP contribution in [0.25, 0.3) is 0 Å². The fourth-order valence-electron chi connectivity index (χ4n) is 1.69. The van der Waals surface area contributed by atoms with Gasteiger partial charge in [0.2, 0.25) is 0 Å². The van der Waals surface area contributed by atoms with E-state index in [-0.39, 0.29) is 0 Å². The molecule has 1 heterocycles. The molecule has 0 saturated carbocycles. The van der Waals surface area contributed by atoms with Crippen molar-refractivity contribution < 1.29 is 9.47 Å². The van der Waals surface area contributed by atoms with Gasteiger partial charge < -0.3 is 20.1 Å². The number of fused-ring (bicyclic) bond motifs is 1. The Kier molecular flexibility index (Phi) is 4.02. The van der Waals surface area contributed by atoms with Crippen LogP contribution in [0, 0.1) is 0 Å². The smallest absolute Gasteiger partial charge is 0.161 e. The molecule has 0 aliphatic carbocycles. The van der Waals surface area contributed by atoms with Crippen molar-refractivity contribution in [1.29, 1.82) is 0 Å². The van der Waals surface area contributed by atoms with Gasteiger partial charge in [0.25, 0.3) is 0 Å². The molecule has 0 amide bonds. The van der Waals surface area contributed by atoms with Crippen LogP contribution in [0.2, 0.25) is 0 Å². The third-order valence-corrected chi connectivity index (χ3v) is 2.50. The zero-order valence-corrected chi connectivity index (χ0v) is 9.58. The fraction of sp³-hybridized carbons (Fsp3) is 0.500. The standard InChI is InChI=1S/C12H18N2O2/c1-13-9-14-5-4-10-2-3-11-12(8-10)16-7-6-15-11/h2-3,8,13-14H,4-7,9H2,1H3. The number of hydrogen-bond donors (Lipinski definition) is 2. The Morgan fingerprint density at radius 2 is 2.00 bits per heavy atom. The number of ether oxygens (including phenoxy) is 2. The van der Waals surface area contributed by atoms with E-state index in [0.29, 0.717) is 13.2 Å². The highest BCUT2D eigenvalue weighted by atomic mass is 16.6. The van der Waals surface area contributed by atoms with Crippen molar-refractivity contribution in [3.8, 4) is 11.5 Å². The molecule has 0 unspecified atom stereocenters. The second-order valence-electron chi connectivity index (χ2n) is 3.76. The normalized spacial score (nSPS) is 13.8. The summed E-state index contributed by atoms with van der Waals surface area (Å²) in [6, 6.07) is 6.14. The van der Waals surface area contributed by atoms with E-state index in [0.717, 1.165) is 31.1 Å². The zero-order valence-electron chi connectivity index (χ0n) is 9.58. The average molecular weight is 222 g/mol. The molecule has 0 aromatic heterocycles. The van der Waals surface area contributed by atoms with Crippen molar-refractivity contribution in [2.45, 2.75) is 6.42 Å². The van der Waals surface area contributed by atoms with Gasteiger partial charge in [-0.1, -0.05) is 6.07 Å². The first-order valence-corrected chi connectivity index (χ1v) is 5.64. The number of hydrogen-bond acceptors (Lipinski definition) is 4. The first-order chi connectivity index (χ1) is 7.90. The molecule has 0 atom stereocenters. The van der Waals surface area contributed by atoms with Gasteiger partial charge in [-0.3, -0.25) is 0 Å². The van der Waals surface area contributed by atoms with Crippen LogP contribution in [0.1, 0.15) is 5.56 Å². The molecule has 2 N–H and O–H groups in total. The summed E-state index contributed by atoms with van der Waals surface area (Å²) in [7, 11) is 1.93. The highest BCUT2D eigenvalue weighted by Gasteiger charge is 2.11. The summed E-state index contributed by atoms with van der Waals surface area (Å²) in [5.74, 6) is 1.73. The molecule has 1 aliphatic heterocycles. The van der Waals surface area contributed by atoms with Crippen LogP contribution in [-0.4, -0.2) is 33.5 Å². The summed E-state index contributed by atoms with van der Waals surface area (Å²) in [6.45, 7) is 3.09. The van der Waals surface area contributed by atoms with Gasteiger partial charge in [0, 0.05) is 13.2 Å². The van der Waals surface area contributed by atoms with Crippen LogP contribution in [0.4, 0.5) is 0 Å². The molecule has 0 spiro atoms. The molecule has 0 saturated heterocycles. The predicted molar refractivity (Wildman–Crippen MR) is 63.1 cm³/mol. The third kappa shape index (κ3) is 2.87. The van der Waals surface area contributed by atoms with E-state index in [2.05, 4.69) is 22.8 Å². The lowest BCUT2D eigenvalue weighted by atomic mass is 10.1. The van der Waals surface area contributed by atoms with Crippen LogP contribution in [0.3, 0.4) is 0 Å². The molecule has 16 heavy (non-hydrogen) atoms. The van der Waals surface area contributed by atoms with Crippen molar-refractivity contribution in [2.75, 3.05) is 33.5 Å². The highest BCUT2D eigenvalue weighted by molar-refractivity contribution is 5.43. The van der Waals surface area contributed by atoms with E-state index < -0.39 is 0 Å². The van der Waals surface area contributed by atoms with E-state index in [1.807, 2.05) is 13.1 Å². The van der Waals surface area contributed by atoms with E-state index in [4.69, 9.17) is 9.47 Å². The lowest BCUT2D eigenvalue weighted by Crippen LogP contribution is -2.27. The molecular formula is C12H18N2O2. The Morgan fingerprint density at radius 3 is 2.81 bits per heavy atom. The molecule has 4 heteroatoms. The van der Waals surface area contributed by atoms with E-state index in [9.17, 15) is 0 Å². The van der Waals surface area contributed by atoms with Gasteiger partial charge in [-0.05, 0) is 31.2 Å². The van der Waals surface area contributed by atoms with Gasteiger partial charge >= 0.3 is 0 Å². The van der Waals surface area contributed by atoms with Gasteiger partial charge in [0.05, 0.1) is 0 Å².